The van der Waals surface area contributed by atoms with Gasteiger partial charge in [0.15, 0.2) is 5.78 Å². The van der Waals surface area contributed by atoms with Crippen LogP contribution in [0.1, 0.15) is 30.4 Å². The number of halogens is 1. The summed E-state index contributed by atoms with van der Waals surface area (Å²) in [7, 11) is 0. The third-order valence-corrected chi connectivity index (χ3v) is 2.93. The van der Waals surface area contributed by atoms with E-state index in [1.54, 1.807) is 18.2 Å². The van der Waals surface area contributed by atoms with Gasteiger partial charge in [-0.1, -0.05) is 12.1 Å². The van der Waals surface area contributed by atoms with Crippen LogP contribution in [-0.2, 0) is 16.0 Å². The molecule has 98 valence electrons. The van der Waals surface area contributed by atoms with E-state index in [4.69, 9.17) is 21.4 Å². The molecule has 1 unspecified atom stereocenters. The maximum Gasteiger partial charge on any atom is 0.307 e. The molecule has 1 atom stereocenters. The predicted molar refractivity (Wildman–Crippen MR) is 68.2 cm³/mol. The molecule has 0 radical (unpaired) electrons. The minimum absolute atomic E-state index is 0.188. The smallest absolute Gasteiger partial charge is 0.307 e. The fourth-order valence-electron chi connectivity index (χ4n) is 1.68. The zero-order valence-electron chi connectivity index (χ0n) is 10.3. The summed E-state index contributed by atoms with van der Waals surface area (Å²) in [6.07, 6.45) is -0.188. The van der Waals surface area contributed by atoms with Gasteiger partial charge in [0.2, 0.25) is 0 Å². The Morgan fingerprint density at radius 3 is 2.61 bits per heavy atom. The lowest BCUT2D eigenvalue weighted by molar-refractivity contribution is -0.136. The van der Waals surface area contributed by atoms with Crippen molar-refractivity contribution in [1.82, 2.24) is 0 Å². The van der Waals surface area contributed by atoms with Crippen molar-refractivity contribution < 1.29 is 19.4 Å². The summed E-state index contributed by atoms with van der Waals surface area (Å²) in [4.78, 5) is 22.2. The molecule has 18 heavy (non-hydrogen) atoms. The van der Waals surface area contributed by atoms with Crippen LogP contribution < -0.4 is 4.74 Å². The lowest BCUT2D eigenvalue weighted by Gasteiger charge is -2.16. The first kappa shape index (κ1) is 14.5. The maximum atomic E-state index is 11.4. The topological polar surface area (TPSA) is 63.6 Å². The molecule has 1 aromatic carbocycles. The quantitative estimate of drug-likeness (QED) is 0.807. The number of hydrogen-bond acceptors (Lipinski definition) is 3. The molecule has 0 amide bonds. The van der Waals surface area contributed by atoms with Crippen LogP contribution in [0.4, 0.5) is 0 Å². The average molecular weight is 271 g/mol. The van der Waals surface area contributed by atoms with Crippen molar-refractivity contribution in [2.75, 3.05) is 6.61 Å². The first-order valence-corrected chi connectivity index (χ1v) is 6.01. The lowest BCUT2D eigenvalue weighted by atomic mass is 9.98. The zero-order chi connectivity index (χ0) is 13.7. The molecule has 0 saturated carbocycles. The number of ketones is 1. The van der Waals surface area contributed by atoms with E-state index in [9.17, 15) is 9.59 Å². The second-order valence-electron chi connectivity index (χ2n) is 3.81. The molecule has 0 aliphatic rings. The third-order valence-electron chi connectivity index (χ3n) is 2.41. The molecule has 0 heterocycles. The van der Waals surface area contributed by atoms with Gasteiger partial charge in [-0.05, 0) is 25.5 Å². The van der Waals surface area contributed by atoms with Crippen molar-refractivity contribution in [2.45, 2.75) is 25.6 Å². The number of hydrogen-bond donors (Lipinski definition) is 1. The number of carboxylic acids is 1. The molecule has 1 rings (SSSR count). The number of Topliss-reactive ketones (excluding diaryl/α,β-unsaturated/α-hetero) is 1. The Hall–Kier alpha value is -1.55. The van der Waals surface area contributed by atoms with Gasteiger partial charge < -0.3 is 9.84 Å². The normalized spacial score (nSPS) is 11.9. The van der Waals surface area contributed by atoms with Crippen molar-refractivity contribution in [3.63, 3.8) is 0 Å². The minimum Gasteiger partial charge on any atom is -0.494 e. The zero-order valence-corrected chi connectivity index (χ0v) is 11.0. The highest BCUT2D eigenvalue weighted by Crippen LogP contribution is 2.34. The van der Waals surface area contributed by atoms with Crippen molar-refractivity contribution >= 4 is 23.4 Å². The van der Waals surface area contributed by atoms with Crippen LogP contribution in [0.15, 0.2) is 18.2 Å². The number of benzene rings is 1. The van der Waals surface area contributed by atoms with Gasteiger partial charge in [-0.3, -0.25) is 9.59 Å². The number of carboxylic acid groups (broad SMARTS) is 1. The molecule has 0 spiro atoms. The standard InChI is InChI=1S/C13H15ClO4/c1-3-18-10-6-4-5-9(7-11(16)17)12(10)13(14)8(2)15/h4-6,13H,3,7H2,1-2H3,(H,16,17). The van der Waals surface area contributed by atoms with Crippen molar-refractivity contribution in [3.8, 4) is 5.75 Å². The maximum absolute atomic E-state index is 11.4. The van der Waals surface area contributed by atoms with Crippen molar-refractivity contribution in [1.29, 1.82) is 0 Å². The Morgan fingerprint density at radius 1 is 1.44 bits per heavy atom. The second-order valence-corrected chi connectivity index (χ2v) is 4.24. The number of carbonyl (C=O) groups is 2. The number of aliphatic carboxylic acids is 1. The van der Waals surface area contributed by atoms with Crippen LogP contribution in [0, 0.1) is 0 Å². The molecule has 4 nitrogen and oxygen atoms in total. The Labute approximate surface area is 111 Å². The fourth-order valence-corrected chi connectivity index (χ4v) is 1.93. The number of rotatable bonds is 6. The molecular formula is C13H15ClO4. The molecule has 5 heteroatoms. The predicted octanol–water partition coefficient (Wildman–Crippen LogP) is 2.58. The highest BCUT2D eigenvalue weighted by molar-refractivity contribution is 6.31. The van der Waals surface area contributed by atoms with Gasteiger partial charge in [0.25, 0.3) is 0 Å². The molecule has 0 aromatic heterocycles. The Morgan fingerprint density at radius 2 is 2.11 bits per heavy atom. The summed E-state index contributed by atoms with van der Waals surface area (Å²) >= 11 is 6.05. The summed E-state index contributed by atoms with van der Waals surface area (Å²) in [6, 6.07) is 5.02. The Kier molecular flexibility index (Phi) is 5.16. The highest BCUT2D eigenvalue weighted by atomic mass is 35.5. The van der Waals surface area contributed by atoms with E-state index < -0.39 is 11.3 Å². The number of ether oxygens (including phenoxy) is 1. The summed E-state index contributed by atoms with van der Waals surface area (Å²) in [5.41, 5.74) is 0.958. The van der Waals surface area contributed by atoms with Crippen LogP contribution in [0.2, 0.25) is 0 Å². The van der Waals surface area contributed by atoms with Gasteiger partial charge >= 0.3 is 5.97 Å². The van der Waals surface area contributed by atoms with Crippen LogP contribution in [-0.4, -0.2) is 23.5 Å². The fraction of sp³-hybridized carbons (Fsp3) is 0.385. The van der Waals surface area contributed by atoms with E-state index in [-0.39, 0.29) is 12.2 Å². The van der Waals surface area contributed by atoms with E-state index in [1.165, 1.54) is 6.92 Å². The largest absolute Gasteiger partial charge is 0.494 e. The first-order valence-electron chi connectivity index (χ1n) is 5.58. The highest BCUT2D eigenvalue weighted by Gasteiger charge is 2.22. The van der Waals surface area contributed by atoms with Gasteiger partial charge in [0, 0.05) is 5.56 Å². The number of carbonyl (C=O) groups excluding carboxylic acids is 1. The summed E-state index contributed by atoms with van der Waals surface area (Å²) in [5.74, 6) is -0.751. The van der Waals surface area contributed by atoms with E-state index in [0.29, 0.717) is 23.5 Å². The molecule has 1 N–H and O–H groups in total. The van der Waals surface area contributed by atoms with E-state index in [0.717, 1.165) is 0 Å². The summed E-state index contributed by atoms with van der Waals surface area (Å²) < 4.78 is 5.40. The van der Waals surface area contributed by atoms with Crippen LogP contribution in [0.5, 0.6) is 5.75 Å². The minimum atomic E-state index is -0.975. The van der Waals surface area contributed by atoms with Crippen LogP contribution in [0.25, 0.3) is 0 Å². The molecule has 0 aliphatic carbocycles. The Balaban J connectivity index is 3.28. The van der Waals surface area contributed by atoms with E-state index in [1.807, 2.05) is 6.92 Å². The van der Waals surface area contributed by atoms with E-state index >= 15 is 0 Å². The lowest BCUT2D eigenvalue weighted by Crippen LogP contribution is -2.11. The first-order chi connectivity index (χ1) is 8.47. The SMILES string of the molecule is CCOc1cccc(CC(=O)O)c1C(Cl)C(C)=O. The van der Waals surface area contributed by atoms with Crippen LogP contribution in [0.3, 0.4) is 0 Å². The molecule has 0 fully saturated rings. The van der Waals surface area contributed by atoms with Gasteiger partial charge in [0.1, 0.15) is 11.1 Å². The van der Waals surface area contributed by atoms with E-state index in [2.05, 4.69) is 0 Å². The average Bonchev–Trinajstić information content (AvgIpc) is 2.28. The monoisotopic (exact) mass is 270 g/mol. The van der Waals surface area contributed by atoms with Crippen LogP contribution >= 0.6 is 11.6 Å². The summed E-state index contributed by atoms with van der Waals surface area (Å²) in [5, 5.41) is 7.98. The van der Waals surface area contributed by atoms with Gasteiger partial charge in [0.05, 0.1) is 13.0 Å². The third kappa shape index (κ3) is 3.47. The molecular weight excluding hydrogens is 256 g/mol. The Bertz CT molecular complexity index is 456. The molecule has 0 bridgehead atoms. The van der Waals surface area contributed by atoms with Gasteiger partial charge in [-0.15, -0.1) is 11.6 Å². The molecule has 0 aliphatic heterocycles. The van der Waals surface area contributed by atoms with Gasteiger partial charge in [-0.25, -0.2) is 0 Å². The van der Waals surface area contributed by atoms with Gasteiger partial charge in [-0.2, -0.15) is 0 Å². The molecule has 0 saturated heterocycles. The number of alkyl halides is 1. The second kappa shape index (κ2) is 6.40. The van der Waals surface area contributed by atoms with Crippen molar-refractivity contribution in [3.05, 3.63) is 29.3 Å². The summed E-state index contributed by atoms with van der Waals surface area (Å²) in [6.45, 7) is 3.60. The molecule has 1 aromatic rings. The van der Waals surface area contributed by atoms with Crippen molar-refractivity contribution in [2.24, 2.45) is 0 Å².